The van der Waals surface area contributed by atoms with Crippen LogP contribution in [0.3, 0.4) is 0 Å². The largest absolute Gasteiger partial charge is 0.493 e. The lowest BCUT2D eigenvalue weighted by Gasteiger charge is -2.12. The van der Waals surface area contributed by atoms with E-state index in [0.29, 0.717) is 58.7 Å². The molecule has 0 aliphatic carbocycles. The van der Waals surface area contributed by atoms with Gasteiger partial charge in [-0.25, -0.2) is 0 Å². The molecule has 0 aliphatic rings. The van der Waals surface area contributed by atoms with Crippen LogP contribution in [0.4, 0.5) is 11.4 Å². The number of amides is 2. The lowest BCUT2D eigenvalue weighted by atomic mass is 10.1. The van der Waals surface area contributed by atoms with Crippen LogP contribution in [0.5, 0.6) is 23.0 Å². The summed E-state index contributed by atoms with van der Waals surface area (Å²) in [6.07, 6.45) is 1.72. The molecule has 0 spiro atoms. The smallest absolute Gasteiger partial charge is 0.259 e. The molecule has 2 amide bonds. The number of carbonyl (C=O) groups excluding carboxylic acids is 2. The van der Waals surface area contributed by atoms with Crippen molar-refractivity contribution in [2.75, 3.05) is 23.8 Å². The van der Waals surface area contributed by atoms with Gasteiger partial charge in [0.25, 0.3) is 11.8 Å². The van der Waals surface area contributed by atoms with Crippen LogP contribution in [0, 0.1) is 0 Å². The first-order valence-electron chi connectivity index (χ1n) is 13.0. The number of hydrogen-bond donors (Lipinski definition) is 2. The quantitative estimate of drug-likeness (QED) is 0.200. The summed E-state index contributed by atoms with van der Waals surface area (Å²) in [5.41, 5.74) is 2.24. The first-order chi connectivity index (χ1) is 19.1. The lowest BCUT2D eigenvalue weighted by molar-refractivity contribution is 0.101. The minimum absolute atomic E-state index is 0.243. The van der Waals surface area contributed by atoms with Gasteiger partial charge in [0.1, 0.15) is 23.0 Å². The molecular formula is C32H32N2O5. The summed E-state index contributed by atoms with van der Waals surface area (Å²) in [7, 11) is 0. The molecule has 7 heteroatoms. The summed E-state index contributed by atoms with van der Waals surface area (Å²) in [6.45, 7) is 5.13. The third-order valence-corrected chi connectivity index (χ3v) is 5.65. The zero-order valence-electron chi connectivity index (χ0n) is 22.1. The Morgan fingerprint density at radius 2 is 0.949 bits per heavy atom. The minimum Gasteiger partial charge on any atom is -0.493 e. The van der Waals surface area contributed by atoms with E-state index in [9.17, 15) is 9.59 Å². The Kier molecular flexibility index (Phi) is 9.56. The van der Waals surface area contributed by atoms with Gasteiger partial charge in [-0.1, -0.05) is 38.1 Å². The number of carbonyl (C=O) groups is 2. The Morgan fingerprint density at radius 3 is 1.33 bits per heavy atom. The lowest BCUT2D eigenvalue weighted by Crippen LogP contribution is -2.13. The third-order valence-electron chi connectivity index (χ3n) is 5.65. The highest BCUT2D eigenvalue weighted by atomic mass is 16.5. The van der Waals surface area contributed by atoms with E-state index in [2.05, 4.69) is 10.6 Å². The second kappa shape index (κ2) is 13.7. The molecule has 0 atom stereocenters. The van der Waals surface area contributed by atoms with Gasteiger partial charge in [0.05, 0.1) is 24.3 Å². The van der Waals surface area contributed by atoms with Crippen molar-refractivity contribution in [3.63, 3.8) is 0 Å². The maximum Gasteiger partial charge on any atom is 0.259 e. The van der Waals surface area contributed by atoms with Crippen molar-refractivity contribution in [2.45, 2.75) is 26.7 Å². The number of nitrogens with one attached hydrogen (secondary N) is 2. The molecule has 0 bridgehead atoms. The molecule has 4 rings (SSSR count). The Hall–Kier alpha value is -4.78. The first-order valence-corrected chi connectivity index (χ1v) is 13.0. The van der Waals surface area contributed by atoms with Crippen LogP contribution in [0.25, 0.3) is 0 Å². The molecule has 4 aromatic rings. The summed E-state index contributed by atoms with van der Waals surface area (Å²) < 4.78 is 17.3. The molecular weight excluding hydrogens is 492 g/mol. The van der Waals surface area contributed by atoms with Crippen LogP contribution in [0.15, 0.2) is 97.1 Å². The van der Waals surface area contributed by atoms with Crippen molar-refractivity contribution in [1.29, 1.82) is 0 Å². The fourth-order valence-corrected chi connectivity index (χ4v) is 3.73. The van der Waals surface area contributed by atoms with Gasteiger partial charge in [0, 0.05) is 11.4 Å². The fraction of sp³-hybridized carbons (Fsp3) is 0.188. The average Bonchev–Trinajstić information content (AvgIpc) is 2.97. The van der Waals surface area contributed by atoms with Gasteiger partial charge in [0.15, 0.2) is 0 Å². The molecule has 0 heterocycles. The number of rotatable bonds is 12. The van der Waals surface area contributed by atoms with Gasteiger partial charge in [-0.3, -0.25) is 9.59 Å². The van der Waals surface area contributed by atoms with E-state index < -0.39 is 0 Å². The molecule has 0 aliphatic heterocycles. The van der Waals surface area contributed by atoms with Crippen LogP contribution in [-0.4, -0.2) is 25.0 Å². The Morgan fingerprint density at radius 1 is 0.564 bits per heavy atom. The van der Waals surface area contributed by atoms with E-state index in [1.54, 1.807) is 72.8 Å². The van der Waals surface area contributed by atoms with E-state index in [4.69, 9.17) is 14.2 Å². The second-order valence-corrected chi connectivity index (χ2v) is 8.75. The first kappa shape index (κ1) is 27.3. The van der Waals surface area contributed by atoms with Gasteiger partial charge < -0.3 is 24.8 Å². The van der Waals surface area contributed by atoms with Gasteiger partial charge in [-0.2, -0.15) is 0 Å². The molecule has 0 unspecified atom stereocenters. The summed E-state index contributed by atoms with van der Waals surface area (Å²) in [5, 5.41) is 5.79. The number of benzene rings is 4. The van der Waals surface area contributed by atoms with Crippen molar-refractivity contribution in [1.82, 2.24) is 0 Å². The minimum atomic E-state index is -0.243. The summed E-state index contributed by atoms with van der Waals surface area (Å²) >= 11 is 0. The zero-order chi connectivity index (χ0) is 27.5. The van der Waals surface area contributed by atoms with Crippen LogP contribution in [0.2, 0.25) is 0 Å². The highest BCUT2D eigenvalue weighted by molar-refractivity contribution is 6.06. The molecule has 39 heavy (non-hydrogen) atoms. The van der Waals surface area contributed by atoms with Crippen molar-refractivity contribution in [3.05, 3.63) is 108 Å². The normalized spacial score (nSPS) is 10.4. The summed E-state index contributed by atoms with van der Waals surface area (Å²) in [5.74, 6) is 1.85. The highest BCUT2D eigenvalue weighted by Gasteiger charge is 2.14. The highest BCUT2D eigenvalue weighted by Crippen LogP contribution is 2.26. The molecule has 200 valence electrons. The number of hydrogen-bond acceptors (Lipinski definition) is 5. The van der Waals surface area contributed by atoms with E-state index in [1.807, 2.05) is 38.1 Å². The average molecular weight is 525 g/mol. The summed E-state index contributed by atoms with van der Waals surface area (Å²) in [4.78, 5) is 25.6. The van der Waals surface area contributed by atoms with Crippen LogP contribution >= 0.6 is 0 Å². The fourth-order valence-electron chi connectivity index (χ4n) is 3.73. The molecule has 2 N–H and O–H groups in total. The van der Waals surface area contributed by atoms with E-state index in [0.717, 1.165) is 12.8 Å². The Balaban J connectivity index is 1.34. The van der Waals surface area contributed by atoms with Crippen molar-refractivity contribution in [2.24, 2.45) is 0 Å². The predicted molar refractivity (Wildman–Crippen MR) is 153 cm³/mol. The predicted octanol–water partition coefficient (Wildman–Crippen LogP) is 7.56. The van der Waals surface area contributed by atoms with Crippen LogP contribution in [-0.2, 0) is 0 Å². The number of anilines is 2. The molecule has 0 saturated carbocycles. The molecule has 7 nitrogen and oxygen atoms in total. The maximum absolute atomic E-state index is 12.8. The monoisotopic (exact) mass is 524 g/mol. The van der Waals surface area contributed by atoms with E-state index >= 15 is 0 Å². The molecule has 0 radical (unpaired) electrons. The van der Waals surface area contributed by atoms with Gasteiger partial charge >= 0.3 is 0 Å². The second-order valence-electron chi connectivity index (χ2n) is 8.75. The van der Waals surface area contributed by atoms with Crippen LogP contribution < -0.4 is 24.8 Å². The van der Waals surface area contributed by atoms with E-state index in [-0.39, 0.29) is 11.8 Å². The van der Waals surface area contributed by atoms with Gasteiger partial charge in [-0.05, 0) is 85.6 Å². The van der Waals surface area contributed by atoms with E-state index in [1.165, 1.54) is 0 Å². The molecule has 0 fully saturated rings. The number of ether oxygens (including phenoxy) is 3. The SMILES string of the molecule is CCCOc1ccccc1C(=O)Nc1ccc(Oc2ccc(NC(=O)c3ccccc3OCCC)cc2)cc1. The Bertz CT molecular complexity index is 1280. The Labute approximate surface area is 228 Å². The number of para-hydroxylation sites is 2. The van der Waals surface area contributed by atoms with Crippen molar-refractivity contribution >= 4 is 23.2 Å². The van der Waals surface area contributed by atoms with Gasteiger partial charge in [0.2, 0.25) is 0 Å². The van der Waals surface area contributed by atoms with Gasteiger partial charge in [-0.15, -0.1) is 0 Å². The molecule has 0 aromatic heterocycles. The van der Waals surface area contributed by atoms with Crippen molar-refractivity contribution < 1.29 is 23.8 Å². The summed E-state index contributed by atoms with van der Waals surface area (Å²) in [6, 6.07) is 28.6. The third kappa shape index (κ3) is 7.61. The van der Waals surface area contributed by atoms with Crippen molar-refractivity contribution in [3.8, 4) is 23.0 Å². The maximum atomic E-state index is 12.8. The zero-order valence-corrected chi connectivity index (χ0v) is 22.1. The topological polar surface area (TPSA) is 85.9 Å². The van der Waals surface area contributed by atoms with Crippen LogP contribution in [0.1, 0.15) is 47.4 Å². The molecule has 0 saturated heterocycles. The molecule has 4 aromatic carbocycles. The standard InChI is InChI=1S/C32H32N2O5/c1-3-21-37-29-11-7-5-9-27(29)31(35)33-23-13-17-25(18-14-23)39-26-19-15-24(16-20-26)34-32(36)28-10-6-8-12-30(28)38-22-4-2/h5-20H,3-4,21-22H2,1-2H3,(H,33,35)(H,34,36).